The van der Waals surface area contributed by atoms with Gasteiger partial charge in [-0.1, -0.05) is 30.3 Å². The van der Waals surface area contributed by atoms with Gasteiger partial charge in [-0.25, -0.2) is 9.97 Å². The van der Waals surface area contributed by atoms with Crippen molar-refractivity contribution >= 4 is 27.8 Å². The van der Waals surface area contributed by atoms with E-state index in [0.29, 0.717) is 27.9 Å². The number of pyridine rings is 2. The zero-order valence-corrected chi connectivity index (χ0v) is 15.7. The van der Waals surface area contributed by atoms with Gasteiger partial charge in [-0.05, 0) is 29.8 Å². The summed E-state index contributed by atoms with van der Waals surface area (Å²) in [7, 11) is 0. The normalized spacial score (nSPS) is 11.2. The monoisotopic (exact) mass is 397 g/mol. The summed E-state index contributed by atoms with van der Waals surface area (Å²) in [5.41, 5.74) is 2.68. The lowest BCUT2D eigenvalue weighted by Crippen LogP contribution is -2.22. The van der Waals surface area contributed by atoms with Crippen LogP contribution in [0.5, 0.6) is 0 Å². The molecule has 0 unspecified atom stereocenters. The van der Waals surface area contributed by atoms with E-state index in [0.717, 1.165) is 5.39 Å². The number of imidazole rings is 1. The van der Waals surface area contributed by atoms with Crippen LogP contribution in [-0.2, 0) is 6.54 Å². The first-order valence-corrected chi connectivity index (χ1v) is 9.27. The molecule has 146 valence electrons. The number of nitrogens with zero attached hydrogens (tertiary/aromatic N) is 5. The third-order valence-corrected chi connectivity index (χ3v) is 4.99. The second-order valence-corrected chi connectivity index (χ2v) is 6.85. The summed E-state index contributed by atoms with van der Waals surface area (Å²) in [6.45, 7) is 0.286. The third kappa shape index (κ3) is 2.82. The van der Waals surface area contributed by atoms with Crippen LogP contribution in [0, 0.1) is 10.1 Å². The Balaban J connectivity index is 1.77. The highest BCUT2D eigenvalue weighted by Crippen LogP contribution is 2.23. The molecule has 3 heterocycles. The molecule has 0 atom stereocenters. The highest BCUT2D eigenvalue weighted by atomic mass is 16.6. The van der Waals surface area contributed by atoms with E-state index in [1.165, 1.54) is 12.1 Å². The first-order chi connectivity index (χ1) is 14.6. The van der Waals surface area contributed by atoms with Gasteiger partial charge < -0.3 is 4.57 Å². The topological polar surface area (TPSA) is 95.8 Å². The minimum Gasteiger partial charge on any atom is -0.322 e. The minimum atomic E-state index is -0.433. The molecule has 8 nitrogen and oxygen atoms in total. The van der Waals surface area contributed by atoms with Crippen molar-refractivity contribution in [3.8, 4) is 5.69 Å². The van der Waals surface area contributed by atoms with Crippen LogP contribution in [0.2, 0.25) is 0 Å². The SMILES string of the molecule is O=c1c2c(ncn2Cc2cccc([N+](=O)[O-])c2)c2cccnc2n1-c1ccccc1. The standard InChI is InChI=1S/C22H15N5O3/c28-22-20-19(24-14-25(20)13-15-6-4-9-17(12-15)27(29)30)18-10-5-11-23-21(18)26(22)16-7-2-1-3-8-16/h1-12,14H,13H2. The first kappa shape index (κ1) is 17.7. The van der Waals surface area contributed by atoms with Crippen molar-refractivity contribution < 1.29 is 4.92 Å². The molecule has 0 spiro atoms. The van der Waals surface area contributed by atoms with Gasteiger partial charge in [0.05, 0.1) is 16.9 Å². The van der Waals surface area contributed by atoms with Gasteiger partial charge in [-0.2, -0.15) is 0 Å². The Morgan fingerprint density at radius 1 is 0.967 bits per heavy atom. The van der Waals surface area contributed by atoms with Gasteiger partial charge in [0.1, 0.15) is 16.7 Å². The highest BCUT2D eigenvalue weighted by Gasteiger charge is 2.18. The lowest BCUT2D eigenvalue weighted by atomic mass is 10.2. The molecule has 0 amide bonds. The van der Waals surface area contributed by atoms with Gasteiger partial charge >= 0.3 is 0 Å². The largest absolute Gasteiger partial charge is 0.322 e. The van der Waals surface area contributed by atoms with Crippen molar-refractivity contribution in [2.24, 2.45) is 0 Å². The van der Waals surface area contributed by atoms with Crippen LogP contribution in [0.3, 0.4) is 0 Å². The Morgan fingerprint density at radius 2 is 1.80 bits per heavy atom. The third-order valence-electron chi connectivity index (χ3n) is 4.99. The fraction of sp³-hybridized carbons (Fsp3) is 0.0455. The van der Waals surface area contributed by atoms with Gasteiger partial charge in [0.25, 0.3) is 11.2 Å². The predicted octanol–water partition coefficient (Wildman–Crippen LogP) is 3.69. The molecule has 0 N–H and O–H groups in total. The van der Waals surface area contributed by atoms with Crippen molar-refractivity contribution in [2.75, 3.05) is 0 Å². The van der Waals surface area contributed by atoms with Crippen molar-refractivity contribution in [1.29, 1.82) is 0 Å². The lowest BCUT2D eigenvalue weighted by molar-refractivity contribution is -0.384. The molecule has 3 aromatic heterocycles. The molecule has 0 fully saturated rings. The maximum absolute atomic E-state index is 13.5. The van der Waals surface area contributed by atoms with Crippen molar-refractivity contribution in [3.05, 3.63) is 105 Å². The number of para-hydroxylation sites is 1. The van der Waals surface area contributed by atoms with Crippen LogP contribution in [-0.4, -0.2) is 24.0 Å². The summed E-state index contributed by atoms with van der Waals surface area (Å²) in [4.78, 5) is 33.1. The van der Waals surface area contributed by atoms with Crippen LogP contribution in [0.25, 0.3) is 27.8 Å². The van der Waals surface area contributed by atoms with Crippen molar-refractivity contribution in [2.45, 2.75) is 6.54 Å². The van der Waals surface area contributed by atoms with Gasteiger partial charge in [-0.3, -0.25) is 19.5 Å². The molecule has 2 aromatic carbocycles. The summed E-state index contributed by atoms with van der Waals surface area (Å²) in [6, 6.07) is 19.4. The number of nitro groups is 1. The summed E-state index contributed by atoms with van der Waals surface area (Å²) >= 11 is 0. The fourth-order valence-corrected chi connectivity index (χ4v) is 3.67. The van der Waals surface area contributed by atoms with Gasteiger partial charge in [0, 0.05) is 30.3 Å². The van der Waals surface area contributed by atoms with Crippen LogP contribution >= 0.6 is 0 Å². The van der Waals surface area contributed by atoms with Crippen LogP contribution in [0.1, 0.15) is 5.56 Å². The Bertz CT molecular complexity index is 1470. The van der Waals surface area contributed by atoms with E-state index in [2.05, 4.69) is 9.97 Å². The number of benzene rings is 2. The van der Waals surface area contributed by atoms with Crippen LogP contribution in [0.15, 0.2) is 84.0 Å². The van der Waals surface area contributed by atoms with Gasteiger partial charge in [-0.15, -0.1) is 0 Å². The predicted molar refractivity (Wildman–Crippen MR) is 113 cm³/mol. The van der Waals surface area contributed by atoms with E-state index in [-0.39, 0.29) is 17.8 Å². The Morgan fingerprint density at radius 3 is 2.60 bits per heavy atom. The molecule has 0 aliphatic carbocycles. The molecule has 30 heavy (non-hydrogen) atoms. The number of fused-ring (bicyclic) bond motifs is 3. The van der Waals surface area contributed by atoms with E-state index < -0.39 is 4.92 Å². The Labute approximate surface area is 169 Å². The van der Waals surface area contributed by atoms with E-state index >= 15 is 0 Å². The molecule has 8 heteroatoms. The quantitative estimate of drug-likeness (QED) is 0.340. The fourth-order valence-electron chi connectivity index (χ4n) is 3.67. The highest BCUT2D eigenvalue weighted by molar-refractivity contribution is 6.01. The summed E-state index contributed by atoms with van der Waals surface area (Å²) in [5.74, 6) is 0. The number of rotatable bonds is 4. The van der Waals surface area contributed by atoms with Crippen molar-refractivity contribution in [3.63, 3.8) is 0 Å². The average molecular weight is 397 g/mol. The second kappa shape index (κ2) is 6.93. The van der Waals surface area contributed by atoms with Gasteiger partial charge in [0.2, 0.25) is 0 Å². The molecule has 0 aliphatic heterocycles. The second-order valence-electron chi connectivity index (χ2n) is 6.85. The van der Waals surface area contributed by atoms with E-state index in [9.17, 15) is 14.9 Å². The molecule has 0 aliphatic rings. The van der Waals surface area contributed by atoms with E-state index in [1.807, 2.05) is 36.4 Å². The molecule has 5 aromatic rings. The van der Waals surface area contributed by atoms with E-state index in [4.69, 9.17) is 0 Å². The lowest BCUT2D eigenvalue weighted by Gasteiger charge is -2.11. The van der Waals surface area contributed by atoms with E-state index in [1.54, 1.807) is 39.9 Å². The van der Waals surface area contributed by atoms with Crippen LogP contribution < -0.4 is 5.56 Å². The van der Waals surface area contributed by atoms with Crippen molar-refractivity contribution in [1.82, 2.24) is 19.1 Å². The zero-order valence-electron chi connectivity index (χ0n) is 15.7. The molecule has 0 radical (unpaired) electrons. The Kier molecular flexibility index (Phi) is 4.10. The number of hydrogen-bond acceptors (Lipinski definition) is 5. The van der Waals surface area contributed by atoms with Crippen LogP contribution in [0.4, 0.5) is 5.69 Å². The maximum atomic E-state index is 13.5. The Hall–Kier alpha value is -4.33. The molecule has 5 rings (SSSR count). The number of non-ortho nitro benzene ring substituents is 1. The summed E-state index contributed by atoms with van der Waals surface area (Å²) < 4.78 is 3.30. The molecule has 0 saturated heterocycles. The number of aromatic nitrogens is 4. The smallest absolute Gasteiger partial charge is 0.282 e. The van der Waals surface area contributed by atoms with Gasteiger partial charge in [0.15, 0.2) is 0 Å². The molecule has 0 saturated carbocycles. The number of hydrogen-bond donors (Lipinski definition) is 0. The summed E-state index contributed by atoms with van der Waals surface area (Å²) in [5, 5.41) is 11.9. The minimum absolute atomic E-state index is 0.00765. The zero-order chi connectivity index (χ0) is 20.7. The molecular formula is C22H15N5O3. The molecule has 0 bridgehead atoms. The molecular weight excluding hydrogens is 382 g/mol. The average Bonchev–Trinajstić information content (AvgIpc) is 3.19. The first-order valence-electron chi connectivity index (χ1n) is 9.27. The number of nitro benzene ring substituents is 1. The maximum Gasteiger partial charge on any atom is 0.282 e. The summed E-state index contributed by atoms with van der Waals surface area (Å²) in [6.07, 6.45) is 3.24.